The Labute approximate surface area is 157 Å². The van der Waals surface area contributed by atoms with Gasteiger partial charge in [-0.15, -0.1) is 0 Å². The molecule has 0 saturated heterocycles. The molecule has 27 heavy (non-hydrogen) atoms. The molecule has 5 heteroatoms. The zero-order valence-corrected chi connectivity index (χ0v) is 14.5. The highest BCUT2D eigenvalue weighted by atomic mass is 16.2. The summed E-state index contributed by atoms with van der Waals surface area (Å²) in [5.41, 5.74) is 7.47. The third kappa shape index (κ3) is 3.20. The van der Waals surface area contributed by atoms with Gasteiger partial charge in [0.15, 0.2) is 0 Å². The summed E-state index contributed by atoms with van der Waals surface area (Å²) in [7, 11) is 0. The van der Waals surface area contributed by atoms with E-state index in [0.29, 0.717) is 18.0 Å². The number of hydrogen-bond donors (Lipinski definition) is 3. The van der Waals surface area contributed by atoms with Crippen molar-refractivity contribution in [2.24, 2.45) is 0 Å². The van der Waals surface area contributed by atoms with Crippen molar-refractivity contribution in [2.45, 2.75) is 6.42 Å². The normalized spacial score (nSPS) is 13.1. The monoisotopic (exact) mass is 355 g/mol. The minimum Gasteiger partial charge on any atom is -0.396 e. The number of fused-ring (bicyclic) bond motifs is 8. The molecular formula is C22H18N4O. The maximum Gasteiger partial charge on any atom is 0.0658 e. The molecule has 0 fully saturated rings. The first-order chi connectivity index (χ1) is 13.7. The zero-order chi connectivity index (χ0) is 19.1. The van der Waals surface area contributed by atoms with Gasteiger partial charge in [-0.25, -0.2) is 9.97 Å². The van der Waals surface area contributed by atoms with Crippen LogP contribution in [0.25, 0.3) is 46.4 Å². The minimum absolute atomic E-state index is 0.0137. The second-order valence-electron chi connectivity index (χ2n) is 6.57. The summed E-state index contributed by atoms with van der Waals surface area (Å²) >= 11 is 0. The minimum atomic E-state index is -0.0137. The third-order valence-electron chi connectivity index (χ3n) is 4.53. The molecule has 0 amide bonds. The smallest absolute Gasteiger partial charge is 0.0658 e. The summed E-state index contributed by atoms with van der Waals surface area (Å²) < 4.78 is 8.51. The molecule has 0 atom stereocenters. The molecule has 3 aromatic rings. The Bertz CT molecular complexity index is 1300. The first kappa shape index (κ1) is 14.7. The van der Waals surface area contributed by atoms with Crippen LogP contribution in [0.15, 0.2) is 42.4 Å². The highest BCUT2D eigenvalue weighted by Gasteiger charge is 2.04. The van der Waals surface area contributed by atoms with Crippen molar-refractivity contribution in [3.05, 3.63) is 70.8 Å². The number of rotatable bonds is 2. The number of H-pyrrole nitrogens is 2. The van der Waals surface area contributed by atoms with Gasteiger partial charge < -0.3 is 15.1 Å². The van der Waals surface area contributed by atoms with Crippen molar-refractivity contribution >= 4 is 46.4 Å². The molecule has 0 aliphatic carbocycles. The maximum atomic E-state index is 9.43. The Balaban J connectivity index is 1.87. The molecule has 3 aromatic heterocycles. The van der Waals surface area contributed by atoms with Crippen molar-refractivity contribution in [3.63, 3.8) is 0 Å². The highest BCUT2D eigenvalue weighted by Crippen LogP contribution is 2.19. The van der Waals surface area contributed by atoms with E-state index >= 15 is 0 Å². The molecule has 0 aromatic carbocycles. The zero-order valence-electron chi connectivity index (χ0n) is 15.5. The summed E-state index contributed by atoms with van der Waals surface area (Å²) in [5.74, 6) is 0. The molecule has 5 rings (SSSR count). The van der Waals surface area contributed by atoms with E-state index in [2.05, 4.69) is 19.9 Å². The summed E-state index contributed by atoms with van der Waals surface area (Å²) in [6.07, 6.45) is 8.20. The maximum absolute atomic E-state index is 9.43. The Morgan fingerprint density at radius 2 is 1.33 bits per heavy atom. The standard InChI is InChI=1S/C22H18N4O/c27-8-7-14-9-21-12-19-4-3-17(24-19)10-15-1-2-16(23-15)11-18-5-6-20(25-18)13-22(14)26-21/h1-6,9-13,23,26-27H,7-8H2/i9D. The van der Waals surface area contributed by atoms with Gasteiger partial charge in [-0.05, 0) is 78.7 Å². The number of nitrogens with one attached hydrogen (secondary N) is 2. The fourth-order valence-corrected chi connectivity index (χ4v) is 3.31. The van der Waals surface area contributed by atoms with Crippen molar-refractivity contribution in [1.29, 1.82) is 0 Å². The Hall–Kier alpha value is -3.44. The molecule has 2 aliphatic heterocycles. The molecule has 0 spiro atoms. The van der Waals surface area contributed by atoms with E-state index in [1.165, 1.54) is 0 Å². The van der Waals surface area contributed by atoms with E-state index < -0.39 is 0 Å². The van der Waals surface area contributed by atoms with Crippen LogP contribution in [0, 0.1) is 0 Å². The summed E-state index contributed by atoms with van der Waals surface area (Å²) in [5, 5.41) is 9.43. The third-order valence-corrected chi connectivity index (χ3v) is 4.53. The topological polar surface area (TPSA) is 77.6 Å². The van der Waals surface area contributed by atoms with Crippen LogP contribution in [0.3, 0.4) is 0 Å². The van der Waals surface area contributed by atoms with Crippen LogP contribution in [0.2, 0.25) is 0 Å². The van der Waals surface area contributed by atoms with Crippen molar-refractivity contribution in [1.82, 2.24) is 19.9 Å². The lowest BCUT2D eigenvalue weighted by molar-refractivity contribution is 0.300. The molecule has 8 bridgehead atoms. The fraction of sp³-hybridized carbons (Fsp3) is 0.0909. The lowest BCUT2D eigenvalue weighted by atomic mass is 10.2. The molecule has 0 unspecified atom stereocenters. The number of aromatic amines is 2. The summed E-state index contributed by atoms with van der Waals surface area (Å²) in [4.78, 5) is 15.9. The summed E-state index contributed by atoms with van der Waals surface area (Å²) in [6.45, 7) is -0.0137. The van der Waals surface area contributed by atoms with Gasteiger partial charge >= 0.3 is 0 Å². The molecule has 3 N–H and O–H groups in total. The number of aliphatic hydroxyl groups excluding tert-OH is 1. The average Bonchev–Trinajstić information content (AvgIpc) is 3.44. The van der Waals surface area contributed by atoms with Crippen LogP contribution in [0.4, 0.5) is 0 Å². The van der Waals surface area contributed by atoms with E-state index in [1.807, 2.05) is 60.7 Å². The van der Waals surface area contributed by atoms with Gasteiger partial charge in [0.25, 0.3) is 0 Å². The van der Waals surface area contributed by atoms with Crippen LogP contribution in [0.5, 0.6) is 0 Å². The van der Waals surface area contributed by atoms with E-state index in [4.69, 9.17) is 1.37 Å². The predicted molar refractivity (Wildman–Crippen MR) is 110 cm³/mol. The highest BCUT2D eigenvalue weighted by molar-refractivity contribution is 5.78. The van der Waals surface area contributed by atoms with Gasteiger partial charge in [0, 0.05) is 28.7 Å². The lowest BCUT2D eigenvalue weighted by Gasteiger charge is -1.92. The number of nitrogens with zero attached hydrogens (tertiary/aromatic N) is 2. The van der Waals surface area contributed by atoms with Crippen molar-refractivity contribution in [3.8, 4) is 0 Å². The molecule has 0 radical (unpaired) electrons. The lowest BCUT2D eigenvalue weighted by Crippen LogP contribution is -1.88. The Morgan fingerprint density at radius 1 is 0.778 bits per heavy atom. The fourth-order valence-electron chi connectivity index (χ4n) is 3.31. The summed E-state index contributed by atoms with van der Waals surface area (Å²) in [6, 6.07) is 12.2. The van der Waals surface area contributed by atoms with Crippen LogP contribution >= 0.6 is 0 Å². The van der Waals surface area contributed by atoms with Gasteiger partial charge in [-0.3, -0.25) is 0 Å². The van der Waals surface area contributed by atoms with Gasteiger partial charge in [0.1, 0.15) is 0 Å². The SMILES string of the molecule is [2H]c1c(CCO)c2cc3nc(cc4ccc(cc5nc(cc1[nH]2)C=C5)[nH]4)C=C3. The van der Waals surface area contributed by atoms with E-state index in [1.54, 1.807) is 0 Å². The van der Waals surface area contributed by atoms with Crippen LogP contribution in [-0.4, -0.2) is 31.6 Å². The first-order valence-corrected chi connectivity index (χ1v) is 8.86. The second kappa shape index (κ2) is 6.37. The molecule has 132 valence electrons. The van der Waals surface area contributed by atoms with Crippen molar-refractivity contribution in [2.75, 3.05) is 6.61 Å². The van der Waals surface area contributed by atoms with Gasteiger partial charge in [-0.2, -0.15) is 0 Å². The average molecular weight is 355 g/mol. The van der Waals surface area contributed by atoms with Crippen LogP contribution in [-0.2, 0) is 6.42 Å². The van der Waals surface area contributed by atoms with Crippen LogP contribution in [0.1, 0.15) is 29.7 Å². The predicted octanol–water partition coefficient (Wildman–Crippen LogP) is 4.19. The molecular weight excluding hydrogens is 336 g/mol. The van der Waals surface area contributed by atoms with E-state index in [-0.39, 0.29) is 6.61 Å². The second-order valence-corrected chi connectivity index (χ2v) is 6.57. The quantitative estimate of drug-likeness (QED) is 0.444. The Kier molecular flexibility index (Phi) is 3.47. The van der Waals surface area contributed by atoms with Crippen LogP contribution < -0.4 is 0 Å². The Morgan fingerprint density at radius 3 is 1.93 bits per heavy atom. The first-order valence-electron chi connectivity index (χ1n) is 9.36. The number of hydrogen-bond acceptors (Lipinski definition) is 3. The van der Waals surface area contributed by atoms with Gasteiger partial charge in [-0.1, -0.05) is 0 Å². The van der Waals surface area contributed by atoms with Gasteiger partial charge in [0.05, 0.1) is 24.1 Å². The molecule has 0 saturated carbocycles. The number of aromatic nitrogens is 4. The van der Waals surface area contributed by atoms with Crippen molar-refractivity contribution < 1.29 is 6.48 Å². The molecule has 5 nitrogen and oxygen atoms in total. The molecule has 5 heterocycles. The van der Waals surface area contributed by atoms with Gasteiger partial charge in [0.2, 0.25) is 0 Å². The van der Waals surface area contributed by atoms with E-state index in [9.17, 15) is 5.11 Å². The number of aliphatic hydroxyl groups is 1. The largest absolute Gasteiger partial charge is 0.396 e. The van der Waals surface area contributed by atoms with E-state index in [0.717, 1.165) is 44.9 Å². The molecule has 2 aliphatic rings.